The molecule has 0 radical (unpaired) electrons. The Balaban J connectivity index is 1.65. The van der Waals surface area contributed by atoms with E-state index in [0.717, 1.165) is 17.1 Å². The third-order valence-electron chi connectivity index (χ3n) is 5.82. The summed E-state index contributed by atoms with van der Waals surface area (Å²) in [4.78, 5) is 1.01. The third-order valence-corrected chi connectivity index (χ3v) is 6.93. The highest BCUT2D eigenvalue weighted by molar-refractivity contribution is 7.16. The Hall–Kier alpha value is -1.42. The van der Waals surface area contributed by atoms with Gasteiger partial charge in [0.2, 0.25) is 4.80 Å². The van der Waals surface area contributed by atoms with Gasteiger partial charge in [-0.3, -0.25) is 0 Å². The number of fused-ring (bicyclic) bond motifs is 1. The average Bonchev–Trinajstić information content (AvgIpc) is 2.97. The first-order valence-corrected chi connectivity index (χ1v) is 10.3. The fourth-order valence-corrected chi connectivity index (χ4v) is 5.45. The van der Waals surface area contributed by atoms with E-state index >= 15 is 0 Å². The minimum Gasteiger partial charge on any atom is -0.318 e. The first kappa shape index (κ1) is 16.1. The summed E-state index contributed by atoms with van der Waals surface area (Å²) in [5, 5.41) is 9.48. The van der Waals surface area contributed by atoms with Gasteiger partial charge >= 0.3 is 0 Å². The molecule has 3 nitrogen and oxygen atoms in total. The van der Waals surface area contributed by atoms with Crippen molar-refractivity contribution in [2.75, 3.05) is 0 Å². The number of thiazole rings is 1. The van der Waals surface area contributed by atoms with Gasteiger partial charge in [0.15, 0.2) is 0 Å². The zero-order chi connectivity index (χ0) is 16.4. The third kappa shape index (κ3) is 3.21. The van der Waals surface area contributed by atoms with Crippen molar-refractivity contribution in [2.45, 2.75) is 57.8 Å². The fourth-order valence-electron chi connectivity index (χ4n) is 4.48. The Morgan fingerprint density at radius 2 is 1.75 bits per heavy atom. The Kier molecular flexibility index (Phi) is 4.83. The Morgan fingerprint density at radius 1 is 0.958 bits per heavy atom. The highest BCUT2D eigenvalue weighted by Gasteiger charge is 2.29. The maximum absolute atomic E-state index is 4.80. The first-order chi connectivity index (χ1) is 11.8. The van der Waals surface area contributed by atoms with Crippen molar-refractivity contribution < 1.29 is 0 Å². The van der Waals surface area contributed by atoms with Crippen LogP contribution >= 0.6 is 11.3 Å². The monoisotopic (exact) mass is 341 g/mol. The number of para-hydroxylation sites is 1. The molecule has 0 saturated heterocycles. The topological polar surface area (TPSA) is 29.6 Å². The van der Waals surface area contributed by atoms with Gasteiger partial charge in [-0.1, -0.05) is 49.2 Å². The number of hydrogen-bond acceptors (Lipinski definition) is 3. The standard InChI is InChI=1S/C20H27N3S/c1-23-18-13-7-8-14-19(18)24-20(23)22-21-17-12-6-5-11-16(17)15-9-3-2-4-10-15/h7-8,13-16H,2-6,9-12H2,1H3/b21-17+,22-20-. The second kappa shape index (κ2) is 7.22. The Morgan fingerprint density at radius 3 is 2.58 bits per heavy atom. The number of benzene rings is 1. The minimum atomic E-state index is 0.697. The van der Waals surface area contributed by atoms with Crippen LogP contribution in [0.2, 0.25) is 0 Å². The largest absolute Gasteiger partial charge is 0.318 e. The van der Waals surface area contributed by atoms with Crippen molar-refractivity contribution in [1.82, 2.24) is 4.57 Å². The van der Waals surface area contributed by atoms with E-state index in [9.17, 15) is 0 Å². The van der Waals surface area contributed by atoms with E-state index in [1.807, 2.05) is 0 Å². The molecule has 128 valence electrons. The molecule has 2 saturated carbocycles. The van der Waals surface area contributed by atoms with Crippen LogP contribution in [0.25, 0.3) is 10.2 Å². The lowest BCUT2D eigenvalue weighted by Crippen LogP contribution is -2.28. The van der Waals surface area contributed by atoms with Crippen LogP contribution in [0.15, 0.2) is 34.5 Å². The molecule has 0 amide bonds. The second-order valence-electron chi connectivity index (χ2n) is 7.35. The van der Waals surface area contributed by atoms with Crippen molar-refractivity contribution in [1.29, 1.82) is 0 Å². The molecule has 2 aliphatic rings. The number of hydrogen-bond donors (Lipinski definition) is 0. The predicted molar refractivity (Wildman–Crippen MR) is 102 cm³/mol. The van der Waals surface area contributed by atoms with Gasteiger partial charge in [0, 0.05) is 18.7 Å². The summed E-state index contributed by atoms with van der Waals surface area (Å²) in [5.74, 6) is 1.56. The molecule has 2 aliphatic carbocycles. The molecule has 4 rings (SSSR count). The Bertz CT molecular complexity index is 793. The van der Waals surface area contributed by atoms with E-state index < -0.39 is 0 Å². The summed E-state index contributed by atoms with van der Waals surface area (Å²) in [6.07, 6.45) is 12.2. The molecule has 4 heteroatoms. The predicted octanol–water partition coefficient (Wildman–Crippen LogP) is 5.27. The summed E-state index contributed by atoms with van der Waals surface area (Å²) in [6, 6.07) is 8.50. The molecule has 1 aromatic carbocycles. The lowest BCUT2D eigenvalue weighted by atomic mass is 9.72. The number of rotatable bonds is 2. The number of aryl methyl sites for hydroxylation is 1. The first-order valence-electron chi connectivity index (χ1n) is 9.48. The smallest absolute Gasteiger partial charge is 0.211 e. The maximum Gasteiger partial charge on any atom is 0.211 e. The summed E-state index contributed by atoms with van der Waals surface area (Å²) in [6.45, 7) is 0. The molecule has 1 unspecified atom stereocenters. The van der Waals surface area contributed by atoms with Gasteiger partial charge in [-0.05, 0) is 50.2 Å². The van der Waals surface area contributed by atoms with Crippen LogP contribution in [0.3, 0.4) is 0 Å². The average molecular weight is 342 g/mol. The molecular formula is C20H27N3S. The molecule has 24 heavy (non-hydrogen) atoms. The lowest BCUT2D eigenvalue weighted by Gasteiger charge is -2.33. The van der Waals surface area contributed by atoms with Crippen molar-refractivity contribution in [3.05, 3.63) is 29.1 Å². The molecule has 0 bridgehead atoms. The molecule has 0 spiro atoms. The summed E-state index contributed by atoms with van der Waals surface area (Å²) >= 11 is 1.74. The molecule has 2 fully saturated rings. The van der Waals surface area contributed by atoms with Crippen LogP contribution in [-0.4, -0.2) is 10.3 Å². The van der Waals surface area contributed by atoms with Crippen molar-refractivity contribution in [3.63, 3.8) is 0 Å². The zero-order valence-electron chi connectivity index (χ0n) is 14.6. The van der Waals surface area contributed by atoms with Gasteiger partial charge in [-0.15, -0.1) is 5.10 Å². The van der Waals surface area contributed by atoms with Crippen LogP contribution < -0.4 is 4.80 Å². The molecule has 0 aliphatic heterocycles. The highest BCUT2D eigenvalue weighted by Crippen LogP contribution is 2.37. The molecule has 1 heterocycles. The van der Waals surface area contributed by atoms with Crippen LogP contribution in [0.5, 0.6) is 0 Å². The van der Waals surface area contributed by atoms with Gasteiger partial charge in [-0.2, -0.15) is 5.10 Å². The second-order valence-corrected chi connectivity index (χ2v) is 8.36. The van der Waals surface area contributed by atoms with Crippen LogP contribution in [0, 0.1) is 11.8 Å². The SMILES string of the molecule is Cn1/c(=N/N=C2\CCCCC2C2CCCCC2)sc2ccccc21. The van der Waals surface area contributed by atoms with Gasteiger partial charge in [0.25, 0.3) is 0 Å². The number of aromatic nitrogens is 1. The van der Waals surface area contributed by atoms with Gasteiger partial charge in [0.05, 0.1) is 10.2 Å². The Labute approximate surface area is 148 Å². The van der Waals surface area contributed by atoms with Crippen molar-refractivity contribution in [3.8, 4) is 0 Å². The van der Waals surface area contributed by atoms with Crippen LogP contribution in [-0.2, 0) is 7.05 Å². The van der Waals surface area contributed by atoms with Crippen molar-refractivity contribution in [2.24, 2.45) is 29.1 Å². The lowest BCUT2D eigenvalue weighted by molar-refractivity contribution is 0.274. The fraction of sp³-hybridized carbons (Fsp3) is 0.600. The van der Waals surface area contributed by atoms with Gasteiger partial charge in [0.1, 0.15) is 0 Å². The van der Waals surface area contributed by atoms with Gasteiger partial charge in [-0.25, -0.2) is 0 Å². The van der Waals surface area contributed by atoms with E-state index in [-0.39, 0.29) is 0 Å². The van der Waals surface area contributed by atoms with E-state index in [0.29, 0.717) is 5.92 Å². The van der Waals surface area contributed by atoms with Gasteiger partial charge < -0.3 is 4.57 Å². The maximum atomic E-state index is 4.80. The van der Waals surface area contributed by atoms with Crippen LogP contribution in [0.1, 0.15) is 57.8 Å². The normalized spacial score (nSPS) is 25.6. The van der Waals surface area contributed by atoms with E-state index in [4.69, 9.17) is 5.10 Å². The summed E-state index contributed by atoms with van der Waals surface area (Å²) in [7, 11) is 2.09. The van der Waals surface area contributed by atoms with E-state index in [1.54, 1.807) is 11.3 Å². The summed E-state index contributed by atoms with van der Waals surface area (Å²) < 4.78 is 3.45. The quantitative estimate of drug-likeness (QED) is 0.666. The zero-order valence-corrected chi connectivity index (χ0v) is 15.4. The highest BCUT2D eigenvalue weighted by atomic mass is 32.1. The molecule has 2 aromatic rings. The molecule has 0 N–H and O–H groups in total. The summed E-state index contributed by atoms with van der Waals surface area (Å²) in [5.41, 5.74) is 2.62. The van der Waals surface area contributed by atoms with Crippen molar-refractivity contribution >= 4 is 27.3 Å². The number of nitrogens with zero attached hydrogens (tertiary/aromatic N) is 3. The minimum absolute atomic E-state index is 0.697. The molecular weight excluding hydrogens is 314 g/mol. The van der Waals surface area contributed by atoms with Crippen LogP contribution in [0.4, 0.5) is 0 Å². The van der Waals surface area contributed by atoms with E-state index in [2.05, 4.69) is 41.0 Å². The molecule has 1 aromatic heterocycles. The molecule has 1 atom stereocenters. The van der Waals surface area contributed by atoms with E-state index in [1.165, 1.54) is 67.3 Å².